The number of morpholine rings is 1. The van der Waals surface area contributed by atoms with Crippen LogP contribution in [0.15, 0.2) is 6.33 Å². The van der Waals surface area contributed by atoms with Gasteiger partial charge >= 0.3 is 0 Å². The molecule has 1 saturated heterocycles. The van der Waals surface area contributed by atoms with E-state index in [-0.39, 0.29) is 0 Å². The van der Waals surface area contributed by atoms with E-state index in [4.69, 9.17) is 10.6 Å². The van der Waals surface area contributed by atoms with Crippen LogP contribution in [0.3, 0.4) is 0 Å². The van der Waals surface area contributed by atoms with Crippen LogP contribution in [0.1, 0.15) is 12.5 Å². The lowest BCUT2D eigenvalue weighted by atomic mass is 10.2. The number of nitrogen functional groups attached to an aromatic ring is 1. The Morgan fingerprint density at radius 2 is 2.38 bits per heavy atom. The fourth-order valence-corrected chi connectivity index (χ4v) is 1.92. The highest BCUT2D eigenvalue weighted by Gasteiger charge is 2.22. The van der Waals surface area contributed by atoms with Crippen LogP contribution in [0.25, 0.3) is 0 Å². The van der Waals surface area contributed by atoms with Gasteiger partial charge in [-0.15, -0.1) is 0 Å². The van der Waals surface area contributed by atoms with Crippen molar-refractivity contribution in [2.45, 2.75) is 19.9 Å². The Labute approximate surface area is 94.8 Å². The number of nitrogens with one attached hydrogen (secondary N) is 1. The Balaban J connectivity index is 2.31. The van der Waals surface area contributed by atoms with Gasteiger partial charge in [-0.05, 0) is 13.8 Å². The summed E-state index contributed by atoms with van der Waals surface area (Å²) >= 11 is 0. The molecule has 0 spiro atoms. The highest BCUT2D eigenvalue weighted by molar-refractivity contribution is 5.57. The van der Waals surface area contributed by atoms with E-state index >= 15 is 0 Å². The highest BCUT2D eigenvalue weighted by atomic mass is 16.5. The Morgan fingerprint density at radius 3 is 3.06 bits per heavy atom. The number of rotatable bonds is 2. The molecule has 1 aromatic heterocycles. The minimum atomic E-state index is 0.327. The fraction of sp³-hybridized carbons (Fsp3) is 0.600. The van der Waals surface area contributed by atoms with Gasteiger partial charge in [-0.2, -0.15) is 0 Å². The maximum atomic E-state index is 5.40. The normalized spacial score (nSPS) is 20.9. The first-order valence-electron chi connectivity index (χ1n) is 5.36. The minimum Gasteiger partial charge on any atom is -0.377 e. The van der Waals surface area contributed by atoms with Crippen molar-refractivity contribution in [2.24, 2.45) is 5.84 Å². The molecule has 0 bridgehead atoms. The average Bonchev–Trinajstić information content (AvgIpc) is 2.31. The smallest absolute Gasteiger partial charge is 0.148 e. The highest BCUT2D eigenvalue weighted by Crippen LogP contribution is 2.24. The summed E-state index contributed by atoms with van der Waals surface area (Å²) in [5.41, 5.74) is 3.55. The van der Waals surface area contributed by atoms with E-state index in [1.807, 2.05) is 6.92 Å². The predicted molar refractivity (Wildman–Crippen MR) is 62.2 cm³/mol. The molecule has 6 heteroatoms. The molecule has 1 aliphatic heterocycles. The summed E-state index contributed by atoms with van der Waals surface area (Å²) in [5.74, 6) is 7.00. The van der Waals surface area contributed by atoms with Crippen LogP contribution in [0.5, 0.6) is 0 Å². The van der Waals surface area contributed by atoms with Gasteiger partial charge in [0.25, 0.3) is 0 Å². The fourth-order valence-electron chi connectivity index (χ4n) is 1.92. The van der Waals surface area contributed by atoms with Gasteiger partial charge in [0.1, 0.15) is 18.0 Å². The van der Waals surface area contributed by atoms with Crippen molar-refractivity contribution in [2.75, 3.05) is 30.1 Å². The molecule has 1 fully saturated rings. The first-order valence-corrected chi connectivity index (χ1v) is 5.36. The molecule has 3 N–H and O–H groups in total. The van der Waals surface area contributed by atoms with Crippen LogP contribution in [-0.2, 0) is 4.74 Å². The number of anilines is 2. The standard InChI is InChI=1S/C10H17N5O/c1-7-5-16-4-3-15(7)10-8(2)9(14-11)12-6-13-10/h6-7H,3-5,11H2,1-2H3,(H,12,13,14). The Kier molecular flexibility index (Phi) is 3.21. The summed E-state index contributed by atoms with van der Waals surface area (Å²) in [6.07, 6.45) is 1.53. The summed E-state index contributed by atoms with van der Waals surface area (Å²) in [6, 6.07) is 0.327. The summed E-state index contributed by atoms with van der Waals surface area (Å²) in [4.78, 5) is 10.6. The maximum Gasteiger partial charge on any atom is 0.148 e. The Morgan fingerprint density at radius 1 is 1.56 bits per heavy atom. The van der Waals surface area contributed by atoms with Gasteiger partial charge in [0, 0.05) is 12.1 Å². The monoisotopic (exact) mass is 223 g/mol. The Hall–Kier alpha value is -1.40. The molecule has 88 valence electrons. The third-order valence-corrected chi connectivity index (χ3v) is 2.83. The zero-order chi connectivity index (χ0) is 11.5. The lowest BCUT2D eigenvalue weighted by Gasteiger charge is -2.35. The zero-order valence-electron chi connectivity index (χ0n) is 9.60. The lowest BCUT2D eigenvalue weighted by molar-refractivity contribution is 0.0984. The van der Waals surface area contributed by atoms with Crippen LogP contribution in [0.2, 0.25) is 0 Å². The number of ether oxygens (including phenoxy) is 1. The van der Waals surface area contributed by atoms with E-state index in [0.29, 0.717) is 11.9 Å². The number of hydrogen-bond donors (Lipinski definition) is 2. The number of hydrogen-bond acceptors (Lipinski definition) is 6. The molecule has 0 amide bonds. The molecule has 1 aliphatic rings. The quantitative estimate of drug-likeness (QED) is 0.554. The zero-order valence-corrected chi connectivity index (χ0v) is 9.60. The molecular weight excluding hydrogens is 206 g/mol. The third kappa shape index (κ3) is 1.94. The van der Waals surface area contributed by atoms with Gasteiger partial charge in [-0.25, -0.2) is 15.8 Å². The molecule has 0 aromatic carbocycles. The van der Waals surface area contributed by atoms with Gasteiger partial charge in [0.2, 0.25) is 0 Å². The molecule has 1 aromatic rings. The topological polar surface area (TPSA) is 76.3 Å². The molecule has 6 nitrogen and oxygen atoms in total. The van der Waals surface area contributed by atoms with Crippen molar-refractivity contribution in [1.82, 2.24) is 9.97 Å². The van der Waals surface area contributed by atoms with Gasteiger partial charge < -0.3 is 15.1 Å². The molecule has 2 heterocycles. The first kappa shape index (κ1) is 11.1. The van der Waals surface area contributed by atoms with Crippen LogP contribution >= 0.6 is 0 Å². The second-order valence-electron chi connectivity index (χ2n) is 3.93. The van der Waals surface area contributed by atoms with Crippen molar-refractivity contribution in [3.05, 3.63) is 11.9 Å². The predicted octanol–water partition coefficient (Wildman–Crippen LogP) is 0.296. The molecule has 2 rings (SSSR count). The first-order chi connectivity index (χ1) is 7.74. The molecular formula is C10H17N5O. The van der Waals surface area contributed by atoms with Crippen molar-refractivity contribution in [3.8, 4) is 0 Å². The number of aromatic nitrogens is 2. The van der Waals surface area contributed by atoms with Gasteiger partial charge in [-0.3, -0.25) is 0 Å². The van der Waals surface area contributed by atoms with E-state index in [1.165, 1.54) is 6.33 Å². The van der Waals surface area contributed by atoms with Crippen molar-refractivity contribution < 1.29 is 4.74 Å². The van der Waals surface area contributed by atoms with Crippen molar-refractivity contribution >= 4 is 11.6 Å². The molecule has 1 unspecified atom stereocenters. The van der Waals surface area contributed by atoms with Crippen molar-refractivity contribution in [3.63, 3.8) is 0 Å². The van der Waals surface area contributed by atoms with Gasteiger partial charge in [-0.1, -0.05) is 0 Å². The SMILES string of the molecule is Cc1c(NN)ncnc1N1CCOCC1C. The third-order valence-electron chi connectivity index (χ3n) is 2.83. The van der Waals surface area contributed by atoms with E-state index < -0.39 is 0 Å². The average molecular weight is 223 g/mol. The molecule has 1 atom stereocenters. The van der Waals surface area contributed by atoms with Gasteiger partial charge in [0.05, 0.1) is 19.3 Å². The molecule has 0 aliphatic carbocycles. The largest absolute Gasteiger partial charge is 0.377 e. The number of hydrazine groups is 1. The lowest BCUT2D eigenvalue weighted by Crippen LogP contribution is -2.44. The summed E-state index contributed by atoms with van der Waals surface area (Å²) < 4.78 is 5.40. The number of nitrogens with zero attached hydrogens (tertiary/aromatic N) is 3. The van der Waals surface area contributed by atoms with E-state index in [1.54, 1.807) is 0 Å². The molecule has 0 radical (unpaired) electrons. The second kappa shape index (κ2) is 4.63. The van der Waals surface area contributed by atoms with E-state index in [0.717, 1.165) is 31.1 Å². The number of nitrogens with two attached hydrogens (primary N) is 1. The van der Waals surface area contributed by atoms with Crippen LogP contribution in [-0.4, -0.2) is 35.8 Å². The van der Waals surface area contributed by atoms with Crippen molar-refractivity contribution in [1.29, 1.82) is 0 Å². The van der Waals surface area contributed by atoms with Crippen LogP contribution < -0.4 is 16.2 Å². The summed E-state index contributed by atoms with van der Waals surface area (Å²) in [7, 11) is 0. The van der Waals surface area contributed by atoms with Gasteiger partial charge in [0.15, 0.2) is 0 Å². The van der Waals surface area contributed by atoms with E-state index in [2.05, 4.69) is 27.2 Å². The van der Waals surface area contributed by atoms with Crippen LogP contribution in [0.4, 0.5) is 11.6 Å². The molecule has 0 saturated carbocycles. The minimum absolute atomic E-state index is 0.327. The summed E-state index contributed by atoms with van der Waals surface area (Å²) in [6.45, 7) is 6.40. The second-order valence-corrected chi connectivity index (χ2v) is 3.93. The van der Waals surface area contributed by atoms with E-state index in [9.17, 15) is 0 Å². The molecule has 16 heavy (non-hydrogen) atoms. The maximum absolute atomic E-state index is 5.40. The summed E-state index contributed by atoms with van der Waals surface area (Å²) in [5, 5.41) is 0. The Bertz CT molecular complexity index is 370. The van der Waals surface area contributed by atoms with Crippen LogP contribution in [0, 0.1) is 6.92 Å².